The number of nitrogens with zero attached hydrogens (tertiary/aromatic N) is 2. The highest BCUT2D eigenvalue weighted by Gasteiger charge is 2.26. The fourth-order valence-electron chi connectivity index (χ4n) is 2.96. The van der Waals surface area contributed by atoms with E-state index in [0.717, 1.165) is 16.9 Å². The average molecular weight is 378 g/mol. The van der Waals surface area contributed by atoms with Gasteiger partial charge in [-0.25, -0.2) is 4.98 Å². The van der Waals surface area contributed by atoms with Crippen LogP contribution in [0.15, 0.2) is 30.5 Å². The van der Waals surface area contributed by atoms with Crippen LogP contribution in [-0.4, -0.2) is 34.8 Å². The number of carbonyl (C=O) groups is 2. The molecule has 5 nitrogen and oxygen atoms in total. The molecular weight excluding hydrogens is 358 g/mol. The average Bonchev–Trinajstić information content (AvgIpc) is 3.01. The number of likely N-dealkylation sites (tertiary alicyclic amines) is 1. The van der Waals surface area contributed by atoms with E-state index in [0.29, 0.717) is 36.1 Å². The van der Waals surface area contributed by atoms with E-state index in [9.17, 15) is 9.59 Å². The van der Waals surface area contributed by atoms with Crippen LogP contribution in [0.5, 0.6) is 0 Å². The molecular formula is C18H20ClN3O2S. The van der Waals surface area contributed by atoms with Crippen LogP contribution in [-0.2, 0) is 16.0 Å². The molecule has 2 amide bonds. The van der Waals surface area contributed by atoms with Crippen molar-refractivity contribution in [2.24, 2.45) is 5.92 Å². The van der Waals surface area contributed by atoms with Crippen molar-refractivity contribution in [1.82, 2.24) is 9.88 Å². The Morgan fingerprint density at radius 1 is 1.36 bits per heavy atom. The molecule has 2 aromatic rings. The zero-order chi connectivity index (χ0) is 17.8. The number of nitrogens with one attached hydrogen (secondary N) is 1. The third-order valence-electron chi connectivity index (χ3n) is 4.36. The molecule has 0 aliphatic carbocycles. The maximum Gasteiger partial charge on any atom is 0.229 e. The van der Waals surface area contributed by atoms with E-state index in [1.165, 1.54) is 11.3 Å². The lowest BCUT2D eigenvalue weighted by Crippen LogP contribution is -2.40. The molecule has 25 heavy (non-hydrogen) atoms. The summed E-state index contributed by atoms with van der Waals surface area (Å²) in [5.74, 6) is 0.00664. The molecule has 0 saturated carbocycles. The van der Waals surface area contributed by atoms with Gasteiger partial charge in [0.15, 0.2) is 5.13 Å². The van der Waals surface area contributed by atoms with Crippen molar-refractivity contribution in [3.63, 3.8) is 0 Å². The van der Waals surface area contributed by atoms with Gasteiger partial charge in [-0.3, -0.25) is 9.59 Å². The summed E-state index contributed by atoms with van der Waals surface area (Å²) < 4.78 is 0. The third-order valence-corrected chi connectivity index (χ3v) is 5.51. The molecule has 1 saturated heterocycles. The maximum atomic E-state index is 12.4. The highest BCUT2D eigenvalue weighted by molar-refractivity contribution is 7.15. The van der Waals surface area contributed by atoms with Gasteiger partial charge in [-0.1, -0.05) is 23.7 Å². The summed E-state index contributed by atoms with van der Waals surface area (Å²) in [5, 5.41) is 4.25. The molecule has 0 bridgehead atoms. The minimum atomic E-state index is -0.0594. The van der Waals surface area contributed by atoms with Crippen LogP contribution < -0.4 is 5.32 Å². The quantitative estimate of drug-likeness (QED) is 0.885. The molecule has 1 aliphatic heterocycles. The van der Waals surface area contributed by atoms with Gasteiger partial charge in [-0.05, 0) is 30.5 Å². The van der Waals surface area contributed by atoms with Gasteiger partial charge in [0, 0.05) is 48.4 Å². The lowest BCUT2D eigenvalue weighted by atomic mass is 9.96. The van der Waals surface area contributed by atoms with Gasteiger partial charge >= 0.3 is 0 Å². The van der Waals surface area contributed by atoms with Gasteiger partial charge in [-0.2, -0.15) is 0 Å². The molecule has 3 rings (SSSR count). The molecule has 0 unspecified atom stereocenters. The number of hydrogen-bond acceptors (Lipinski definition) is 4. The SMILES string of the molecule is CC(=O)N1CCC(C(=O)Nc2ncc(Cc3cccc(Cl)c3)s2)CC1. The smallest absolute Gasteiger partial charge is 0.229 e. The fourth-order valence-corrected chi connectivity index (χ4v) is 4.02. The molecule has 2 heterocycles. The maximum absolute atomic E-state index is 12.4. The molecule has 132 valence electrons. The van der Waals surface area contributed by atoms with Crippen LogP contribution in [0.4, 0.5) is 5.13 Å². The van der Waals surface area contributed by atoms with Crippen molar-refractivity contribution >= 4 is 39.9 Å². The number of benzene rings is 1. The lowest BCUT2D eigenvalue weighted by molar-refractivity contribution is -0.132. The molecule has 0 atom stereocenters. The van der Waals surface area contributed by atoms with Gasteiger partial charge < -0.3 is 10.2 Å². The summed E-state index contributed by atoms with van der Waals surface area (Å²) in [5.41, 5.74) is 1.12. The summed E-state index contributed by atoms with van der Waals surface area (Å²) >= 11 is 7.49. The molecule has 1 fully saturated rings. The zero-order valence-corrected chi connectivity index (χ0v) is 15.6. The van der Waals surface area contributed by atoms with Gasteiger partial charge in [0.25, 0.3) is 0 Å². The lowest BCUT2D eigenvalue weighted by Gasteiger charge is -2.30. The molecule has 7 heteroatoms. The minimum Gasteiger partial charge on any atom is -0.343 e. The standard InChI is InChI=1S/C18H20ClN3O2S/c1-12(23)22-7-5-14(6-8-22)17(24)21-18-20-11-16(25-18)10-13-3-2-4-15(19)9-13/h2-4,9,11,14H,5-8,10H2,1H3,(H,20,21,24). The number of piperidine rings is 1. The van der Waals surface area contributed by atoms with E-state index in [1.807, 2.05) is 24.3 Å². The summed E-state index contributed by atoms with van der Waals surface area (Å²) in [6.07, 6.45) is 3.93. The van der Waals surface area contributed by atoms with Crippen LogP contribution >= 0.6 is 22.9 Å². The second-order valence-electron chi connectivity index (χ2n) is 6.21. The summed E-state index contributed by atoms with van der Waals surface area (Å²) in [7, 11) is 0. The largest absolute Gasteiger partial charge is 0.343 e. The third kappa shape index (κ3) is 4.80. The molecule has 1 aromatic carbocycles. The summed E-state index contributed by atoms with van der Waals surface area (Å²) in [6.45, 7) is 2.86. The van der Waals surface area contributed by atoms with Gasteiger partial charge in [0.2, 0.25) is 11.8 Å². The Hall–Kier alpha value is -1.92. The Morgan fingerprint density at radius 2 is 2.12 bits per heavy atom. The molecule has 1 N–H and O–H groups in total. The first-order chi connectivity index (χ1) is 12.0. The van der Waals surface area contributed by atoms with Gasteiger partial charge in [0.1, 0.15) is 0 Å². The molecule has 0 radical (unpaired) electrons. The first-order valence-corrected chi connectivity index (χ1v) is 9.46. The fraction of sp³-hybridized carbons (Fsp3) is 0.389. The van der Waals surface area contributed by atoms with Crippen molar-refractivity contribution in [1.29, 1.82) is 0 Å². The molecule has 1 aromatic heterocycles. The summed E-state index contributed by atoms with van der Waals surface area (Å²) in [4.78, 5) is 30.9. The first kappa shape index (κ1) is 17.9. The number of anilines is 1. The Morgan fingerprint density at radius 3 is 2.80 bits per heavy atom. The van der Waals surface area contributed by atoms with Crippen molar-refractivity contribution < 1.29 is 9.59 Å². The van der Waals surface area contributed by atoms with Crippen LogP contribution in [0, 0.1) is 5.92 Å². The monoisotopic (exact) mass is 377 g/mol. The van der Waals surface area contributed by atoms with Crippen molar-refractivity contribution in [2.75, 3.05) is 18.4 Å². The Labute approximate surface area is 156 Å². The van der Waals surface area contributed by atoms with Crippen LogP contribution in [0.2, 0.25) is 5.02 Å². The van der Waals surface area contributed by atoms with E-state index in [4.69, 9.17) is 11.6 Å². The highest BCUT2D eigenvalue weighted by Crippen LogP contribution is 2.24. The number of thiazole rings is 1. The van der Waals surface area contributed by atoms with Gasteiger partial charge in [-0.15, -0.1) is 11.3 Å². The Bertz CT molecular complexity index is 769. The van der Waals surface area contributed by atoms with E-state index in [2.05, 4.69) is 10.3 Å². The van der Waals surface area contributed by atoms with Crippen LogP contribution in [0.1, 0.15) is 30.2 Å². The number of hydrogen-bond donors (Lipinski definition) is 1. The minimum absolute atomic E-state index is 0.00754. The van der Waals surface area contributed by atoms with E-state index >= 15 is 0 Å². The summed E-state index contributed by atoms with van der Waals surface area (Å²) in [6, 6.07) is 7.73. The zero-order valence-electron chi connectivity index (χ0n) is 14.0. The highest BCUT2D eigenvalue weighted by atomic mass is 35.5. The van der Waals surface area contributed by atoms with Crippen LogP contribution in [0.25, 0.3) is 0 Å². The predicted octanol–water partition coefficient (Wildman–Crippen LogP) is 3.58. The van der Waals surface area contributed by atoms with Gasteiger partial charge in [0.05, 0.1) is 0 Å². The van der Waals surface area contributed by atoms with Crippen molar-refractivity contribution in [2.45, 2.75) is 26.2 Å². The van der Waals surface area contributed by atoms with Crippen LogP contribution in [0.3, 0.4) is 0 Å². The first-order valence-electron chi connectivity index (χ1n) is 8.27. The number of carbonyl (C=O) groups excluding carboxylic acids is 2. The number of halogens is 1. The second kappa shape index (κ2) is 7.97. The van der Waals surface area contributed by atoms with E-state index in [1.54, 1.807) is 18.0 Å². The number of rotatable bonds is 4. The van der Waals surface area contributed by atoms with Crippen molar-refractivity contribution in [3.8, 4) is 0 Å². The topological polar surface area (TPSA) is 62.3 Å². The van der Waals surface area contributed by atoms with E-state index in [-0.39, 0.29) is 17.7 Å². The Balaban J connectivity index is 1.54. The molecule has 0 spiro atoms. The van der Waals surface area contributed by atoms with E-state index < -0.39 is 0 Å². The van der Waals surface area contributed by atoms with Crippen molar-refractivity contribution in [3.05, 3.63) is 45.9 Å². The second-order valence-corrected chi connectivity index (χ2v) is 7.76. The molecule has 1 aliphatic rings. The number of aromatic nitrogens is 1. The number of amides is 2. The normalized spacial score (nSPS) is 15.2. The predicted molar refractivity (Wildman–Crippen MR) is 100.0 cm³/mol. The Kier molecular flexibility index (Phi) is 5.71.